The summed E-state index contributed by atoms with van der Waals surface area (Å²) >= 11 is 0. The number of nitrogens with zero attached hydrogens (tertiary/aromatic N) is 1. The maximum absolute atomic E-state index is 9.62. The van der Waals surface area contributed by atoms with Crippen LogP contribution in [0.1, 0.15) is 24.0 Å². The molecule has 1 aromatic carbocycles. The van der Waals surface area contributed by atoms with Crippen LogP contribution in [0, 0.1) is 6.92 Å². The highest BCUT2D eigenvalue weighted by atomic mass is 16.3. The number of aryl methyl sites for hydroxylation is 1. The van der Waals surface area contributed by atoms with Crippen LogP contribution in [-0.4, -0.2) is 30.5 Å². The molecule has 0 aliphatic carbocycles. The zero-order valence-corrected chi connectivity index (χ0v) is 9.61. The van der Waals surface area contributed by atoms with Crippen molar-refractivity contribution in [2.24, 2.45) is 4.99 Å². The van der Waals surface area contributed by atoms with Gasteiger partial charge in [0.15, 0.2) is 0 Å². The van der Waals surface area contributed by atoms with Crippen molar-refractivity contribution >= 4 is 6.21 Å². The molecular formula is C13H18N2O. The molecule has 1 atom stereocenters. The number of nitrogens with one attached hydrogen (secondary N) is 1. The molecular weight excluding hydrogens is 200 g/mol. The zero-order chi connectivity index (χ0) is 11.4. The van der Waals surface area contributed by atoms with E-state index in [1.54, 1.807) is 12.3 Å². The van der Waals surface area contributed by atoms with E-state index in [1.165, 1.54) is 12.8 Å². The van der Waals surface area contributed by atoms with E-state index in [2.05, 4.69) is 10.3 Å². The van der Waals surface area contributed by atoms with Crippen LogP contribution in [0.25, 0.3) is 0 Å². The van der Waals surface area contributed by atoms with Gasteiger partial charge in [-0.15, -0.1) is 0 Å². The van der Waals surface area contributed by atoms with Gasteiger partial charge in [0.1, 0.15) is 5.75 Å². The fourth-order valence-corrected chi connectivity index (χ4v) is 1.97. The number of benzene rings is 1. The number of rotatable bonds is 3. The SMILES string of the molecule is Cc1ccc(O)c(C=NCC2CCCN2)c1. The number of aromatic hydroxyl groups is 1. The Balaban J connectivity index is 1.96. The number of aliphatic imine (C=N–C) groups is 1. The maximum Gasteiger partial charge on any atom is 0.124 e. The predicted octanol–water partition coefficient (Wildman–Crippen LogP) is 1.87. The second-order valence-corrected chi connectivity index (χ2v) is 4.35. The molecule has 1 aliphatic rings. The molecule has 2 rings (SSSR count). The summed E-state index contributed by atoms with van der Waals surface area (Å²) in [5.41, 5.74) is 1.94. The van der Waals surface area contributed by atoms with Crippen molar-refractivity contribution in [1.82, 2.24) is 5.32 Å². The van der Waals surface area contributed by atoms with Gasteiger partial charge in [-0.05, 0) is 38.4 Å². The monoisotopic (exact) mass is 218 g/mol. The van der Waals surface area contributed by atoms with Crippen LogP contribution >= 0.6 is 0 Å². The Hall–Kier alpha value is -1.35. The molecule has 16 heavy (non-hydrogen) atoms. The molecule has 1 saturated heterocycles. The Morgan fingerprint density at radius 1 is 1.56 bits per heavy atom. The van der Waals surface area contributed by atoms with Crippen molar-refractivity contribution in [2.45, 2.75) is 25.8 Å². The molecule has 3 nitrogen and oxygen atoms in total. The Labute approximate surface area is 96.2 Å². The third-order valence-electron chi connectivity index (χ3n) is 2.90. The summed E-state index contributed by atoms with van der Waals surface area (Å²) in [7, 11) is 0. The first-order valence-corrected chi connectivity index (χ1v) is 5.78. The zero-order valence-electron chi connectivity index (χ0n) is 9.61. The van der Waals surface area contributed by atoms with E-state index in [0.29, 0.717) is 11.8 Å². The highest BCUT2D eigenvalue weighted by molar-refractivity contribution is 5.83. The molecule has 1 heterocycles. The van der Waals surface area contributed by atoms with Crippen molar-refractivity contribution < 1.29 is 5.11 Å². The lowest BCUT2D eigenvalue weighted by molar-refractivity contribution is 0.474. The van der Waals surface area contributed by atoms with Gasteiger partial charge in [0.2, 0.25) is 0 Å². The summed E-state index contributed by atoms with van der Waals surface area (Å²) in [5, 5.41) is 13.0. The number of hydrogen-bond donors (Lipinski definition) is 2. The summed E-state index contributed by atoms with van der Waals surface area (Å²) in [6.07, 6.45) is 4.22. The normalized spacial score (nSPS) is 20.7. The minimum atomic E-state index is 0.300. The summed E-state index contributed by atoms with van der Waals surface area (Å²) in [6.45, 7) is 3.92. The second kappa shape index (κ2) is 5.12. The van der Waals surface area contributed by atoms with Gasteiger partial charge in [-0.1, -0.05) is 11.6 Å². The van der Waals surface area contributed by atoms with Gasteiger partial charge in [0, 0.05) is 17.8 Å². The van der Waals surface area contributed by atoms with E-state index in [0.717, 1.165) is 24.2 Å². The lowest BCUT2D eigenvalue weighted by atomic mass is 10.1. The average Bonchev–Trinajstić information content (AvgIpc) is 2.76. The van der Waals surface area contributed by atoms with Gasteiger partial charge >= 0.3 is 0 Å². The van der Waals surface area contributed by atoms with Crippen LogP contribution in [0.5, 0.6) is 5.75 Å². The first-order valence-electron chi connectivity index (χ1n) is 5.78. The predicted molar refractivity (Wildman–Crippen MR) is 66.3 cm³/mol. The third kappa shape index (κ3) is 2.83. The van der Waals surface area contributed by atoms with Gasteiger partial charge in [0.05, 0.1) is 6.54 Å². The minimum absolute atomic E-state index is 0.300. The number of phenolic OH excluding ortho intramolecular Hbond substituents is 1. The lowest BCUT2D eigenvalue weighted by Crippen LogP contribution is -2.24. The minimum Gasteiger partial charge on any atom is -0.507 e. The van der Waals surface area contributed by atoms with Crippen molar-refractivity contribution in [2.75, 3.05) is 13.1 Å². The van der Waals surface area contributed by atoms with Crippen LogP contribution in [0.4, 0.5) is 0 Å². The van der Waals surface area contributed by atoms with E-state index >= 15 is 0 Å². The standard InChI is InChI=1S/C13H18N2O/c1-10-4-5-13(16)11(7-10)8-14-9-12-3-2-6-15-12/h4-5,7-8,12,15-16H,2-3,6,9H2,1H3. The van der Waals surface area contributed by atoms with Gasteiger partial charge in [-0.25, -0.2) is 0 Å². The summed E-state index contributed by atoms with van der Waals surface area (Å²) in [5.74, 6) is 0.300. The molecule has 3 heteroatoms. The van der Waals surface area contributed by atoms with Crippen LogP contribution in [0.15, 0.2) is 23.2 Å². The fourth-order valence-electron chi connectivity index (χ4n) is 1.97. The smallest absolute Gasteiger partial charge is 0.124 e. The summed E-state index contributed by atoms with van der Waals surface area (Å²) < 4.78 is 0. The number of phenols is 1. The van der Waals surface area contributed by atoms with E-state index < -0.39 is 0 Å². The molecule has 1 unspecified atom stereocenters. The highest BCUT2D eigenvalue weighted by Gasteiger charge is 2.12. The lowest BCUT2D eigenvalue weighted by Gasteiger charge is -2.05. The first kappa shape index (κ1) is 11.1. The molecule has 1 aromatic rings. The van der Waals surface area contributed by atoms with Gasteiger partial charge < -0.3 is 10.4 Å². The molecule has 1 aliphatic heterocycles. The quantitative estimate of drug-likeness (QED) is 0.761. The highest BCUT2D eigenvalue weighted by Crippen LogP contribution is 2.16. The maximum atomic E-state index is 9.62. The summed E-state index contributed by atoms with van der Waals surface area (Å²) in [4.78, 5) is 4.38. The van der Waals surface area contributed by atoms with Crippen molar-refractivity contribution in [1.29, 1.82) is 0 Å². The molecule has 0 bridgehead atoms. The van der Waals surface area contributed by atoms with Crippen LogP contribution in [0.2, 0.25) is 0 Å². The second-order valence-electron chi connectivity index (χ2n) is 4.35. The van der Waals surface area contributed by atoms with E-state index in [1.807, 2.05) is 19.1 Å². The van der Waals surface area contributed by atoms with Gasteiger partial charge in [-0.3, -0.25) is 4.99 Å². The van der Waals surface area contributed by atoms with Crippen LogP contribution in [0.3, 0.4) is 0 Å². The van der Waals surface area contributed by atoms with Gasteiger partial charge in [-0.2, -0.15) is 0 Å². The molecule has 0 amide bonds. The van der Waals surface area contributed by atoms with Crippen LogP contribution in [-0.2, 0) is 0 Å². The molecule has 0 radical (unpaired) electrons. The number of hydrogen-bond acceptors (Lipinski definition) is 3. The summed E-state index contributed by atoms with van der Waals surface area (Å²) in [6, 6.07) is 6.07. The Kier molecular flexibility index (Phi) is 3.57. The van der Waals surface area contributed by atoms with Crippen molar-refractivity contribution in [3.63, 3.8) is 0 Å². The van der Waals surface area contributed by atoms with E-state index in [-0.39, 0.29) is 0 Å². The van der Waals surface area contributed by atoms with E-state index in [4.69, 9.17) is 0 Å². The Bertz CT molecular complexity index is 382. The van der Waals surface area contributed by atoms with E-state index in [9.17, 15) is 5.11 Å². The first-order chi connectivity index (χ1) is 7.75. The Morgan fingerprint density at radius 3 is 3.19 bits per heavy atom. The third-order valence-corrected chi connectivity index (χ3v) is 2.90. The van der Waals surface area contributed by atoms with Crippen molar-refractivity contribution in [3.8, 4) is 5.75 Å². The van der Waals surface area contributed by atoms with Crippen LogP contribution < -0.4 is 5.32 Å². The molecule has 0 aromatic heterocycles. The van der Waals surface area contributed by atoms with Gasteiger partial charge in [0.25, 0.3) is 0 Å². The topological polar surface area (TPSA) is 44.6 Å². The average molecular weight is 218 g/mol. The molecule has 2 N–H and O–H groups in total. The molecule has 0 spiro atoms. The molecule has 1 fully saturated rings. The molecule has 0 saturated carbocycles. The Morgan fingerprint density at radius 2 is 2.44 bits per heavy atom. The van der Waals surface area contributed by atoms with Crippen molar-refractivity contribution in [3.05, 3.63) is 29.3 Å². The largest absolute Gasteiger partial charge is 0.507 e. The fraction of sp³-hybridized carbons (Fsp3) is 0.462. The molecule has 86 valence electrons.